The maximum atomic E-state index is 13.3. The van der Waals surface area contributed by atoms with E-state index in [2.05, 4.69) is 77.7 Å². The number of para-hydroxylation sites is 1. The quantitative estimate of drug-likeness (QED) is 0.297. The van der Waals surface area contributed by atoms with Crippen molar-refractivity contribution in [2.75, 3.05) is 0 Å². The van der Waals surface area contributed by atoms with E-state index < -0.39 is 0 Å². The molecule has 2 atom stereocenters. The van der Waals surface area contributed by atoms with Crippen molar-refractivity contribution in [3.8, 4) is 0 Å². The zero-order valence-electron chi connectivity index (χ0n) is 18.3. The molecular weight excluding hydrogens is 452 g/mol. The van der Waals surface area contributed by atoms with Crippen LogP contribution in [0.4, 0.5) is 0 Å². The third-order valence-corrected chi connectivity index (χ3v) is 6.53. The zero-order valence-corrected chi connectivity index (χ0v) is 19.9. The van der Waals surface area contributed by atoms with E-state index in [-0.39, 0.29) is 11.5 Å². The van der Waals surface area contributed by atoms with E-state index in [0.717, 1.165) is 28.3 Å². The van der Waals surface area contributed by atoms with Crippen molar-refractivity contribution in [3.05, 3.63) is 74.9 Å². The standard InChI is InChI=1S/C25H27BrN4O/c1-5-16(3)24-28-22-12-11-19(26)13-21(22)25(31)30(24)27-14-18-15-29(17(4)6-2)23-10-8-7-9-20(18)23/h7-17H,5-6H2,1-4H3/t16-,17-/m0/s1. The van der Waals surface area contributed by atoms with Crippen molar-refractivity contribution >= 4 is 44.0 Å². The van der Waals surface area contributed by atoms with Crippen LogP contribution in [0.1, 0.15) is 63.9 Å². The van der Waals surface area contributed by atoms with Crippen molar-refractivity contribution < 1.29 is 0 Å². The summed E-state index contributed by atoms with van der Waals surface area (Å²) < 4.78 is 4.60. The monoisotopic (exact) mass is 478 g/mol. The minimum Gasteiger partial charge on any atom is -0.344 e. The van der Waals surface area contributed by atoms with Crippen LogP contribution in [0.25, 0.3) is 21.8 Å². The Morgan fingerprint density at radius 3 is 2.61 bits per heavy atom. The minimum atomic E-state index is -0.150. The van der Waals surface area contributed by atoms with Gasteiger partial charge in [-0.15, -0.1) is 0 Å². The van der Waals surface area contributed by atoms with Crippen molar-refractivity contribution in [1.29, 1.82) is 0 Å². The summed E-state index contributed by atoms with van der Waals surface area (Å²) >= 11 is 3.46. The molecule has 0 aliphatic rings. The second-order valence-electron chi connectivity index (χ2n) is 8.07. The number of nitrogens with zero attached hydrogens (tertiary/aromatic N) is 4. The van der Waals surface area contributed by atoms with Gasteiger partial charge in [0.15, 0.2) is 0 Å². The number of halogens is 1. The molecule has 0 N–H and O–H groups in total. The maximum absolute atomic E-state index is 13.3. The molecule has 0 spiro atoms. The van der Waals surface area contributed by atoms with Gasteiger partial charge in [0.25, 0.3) is 5.56 Å². The van der Waals surface area contributed by atoms with Gasteiger partial charge in [-0.3, -0.25) is 4.79 Å². The number of hydrogen-bond acceptors (Lipinski definition) is 3. The molecule has 0 radical (unpaired) electrons. The average molecular weight is 479 g/mol. The summed E-state index contributed by atoms with van der Waals surface area (Å²) in [6, 6.07) is 14.3. The summed E-state index contributed by atoms with van der Waals surface area (Å²) in [5.41, 5.74) is 2.72. The molecule has 31 heavy (non-hydrogen) atoms. The third-order valence-electron chi connectivity index (χ3n) is 6.04. The summed E-state index contributed by atoms with van der Waals surface area (Å²) in [4.78, 5) is 18.1. The first-order valence-electron chi connectivity index (χ1n) is 10.8. The molecule has 0 saturated heterocycles. The highest BCUT2D eigenvalue weighted by atomic mass is 79.9. The number of rotatable bonds is 6. The molecule has 2 aromatic carbocycles. The second kappa shape index (κ2) is 8.79. The molecule has 160 valence electrons. The van der Waals surface area contributed by atoms with Crippen LogP contribution in [-0.2, 0) is 0 Å². The Morgan fingerprint density at radius 2 is 1.87 bits per heavy atom. The molecule has 4 aromatic rings. The van der Waals surface area contributed by atoms with E-state index in [9.17, 15) is 4.79 Å². The SMILES string of the molecule is CC[C@H](C)c1nc2ccc(Br)cc2c(=O)n1N=Cc1cn([C@@H](C)CC)c2ccccc12. The summed E-state index contributed by atoms with van der Waals surface area (Å²) in [6.45, 7) is 8.57. The van der Waals surface area contributed by atoms with Crippen molar-refractivity contribution in [2.45, 2.75) is 52.5 Å². The van der Waals surface area contributed by atoms with Crippen LogP contribution in [-0.4, -0.2) is 20.4 Å². The molecule has 0 bridgehead atoms. The molecule has 4 rings (SSSR count). The summed E-state index contributed by atoms with van der Waals surface area (Å²) in [5, 5.41) is 6.34. The van der Waals surface area contributed by atoms with Crippen LogP contribution in [0.5, 0.6) is 0 Å². The predicted molar refractivity (Wildman–Crippen MR) is 132 cm³/mol. The number of fused-ring (bicyclic) bond motifs is 2. The summed E-state index contributed by atoms with van der Waals surface area (Å²) in [6.07, 6.45) is 5.83. The van der Waals surface area contributed by atoms with Crippen LogP contribution in [0.2, 0.25) is 0 Å². The Kier molecular flexibility index (Phi) is 6.10. The van der Waals surface area contributed by atoms with Gasteiger partial charge in [-0.1, -0.05) is 54.9 Å². The Morgan fingerprint density at radius 1 is 1.10 bits per heavy atom. The summed E-state index contributed by atoms with van der Waals surface area (Å²) in [7, 11) is 0. The average Bonchev–Trinajstić information content (AvgIpc) is 3.16. The maximum Gasteiger partial charge on any atom is 0.282 e. The van der Waals surface area contributed by atoms with Gasteiger partial charge in [0.1, 0.15) is 5.82 Å². The fourth-order valence-corrected chi connectivity index (χ4v) is 4.16. The predicted octanol–water partition coefficient (Wildman–Crippen LogP) is 6.48. The first kappa shape index (κ1) is 21.5. The number of hydrogen-bond donors (Lipinski definition) is 0. The highest BCUT2D eigenvalue weighted by Gasteiger charge is 2.16. The molecule has 2 heterocycles. The van der Waals surface area contributed by atoms with Gasteiger partial charge in [0.05, 0.1) is 17.1 Å². The van der Waals surface area contributed by atoms with Gasteiger partial charge in [-0.2, -0.15) is 9.78 Å². The van der Waals surface area contributed by atoms with Crippen LogP contribution in [0.3, 0.4) is 0 Å². The first-order chi connectivity index (χ1) is 14.9. The second-order valence-corrected chi connectivity index (χ2v) is 8.98. The van der Waals surface area contributed by atoms with E-state index in [4.69, 9.17) is 4.98 Å². The normalized spacial score (nSPS) is 14.0. The van der Waals surface area contributed by atoms with Crippen LogP contribution in [0.15, 0.2) is 63.0 Å². The van der Waals surface area contributed by atoms with Crippen LogP contribution < -0.4 is 5.56 Å². The Bertz CT molecular complexity index is 1330. The topological polar surface area (TPSA) is 52.2 Å². The largest absolute Gasteiger partial charge is 0.344 e. The molecule has 0 amide bonds. The molecular formula is C25H27BrN4O. The Hall–Kier alpha value is -2.73. The lowest BCUT2D eigenvalue weighted by atomic mass is 10.1. The molecule has 0 saturated carbocycles. The molecule has 6 heteroatoms. The van der Waals surface area contributed by atoms with Gasteiger partial charge in [0, 0.05) is 39.1 Å². The number of benzene rings is 2. The molecule has 0 aliphatic heterocycles. The molecule has 0 aliphatic carbocycles. The van der Waals surface area contributed by atoms with E-state index >= 15 is 0 Å². The molecule has 0 fully saturated rings. The Labute approximate surface area is 190 Å². The van der Waals surface area contributed by atoms with Crippen molar-refractivity contribution in [1.82, 2.24) is 14.2 Å². The lowest BCUT2D eigenvalue weighted by Gasteiger charge is -2.13. The third kappa shape index (κ3) is 3.97. The van der Waals surface area contributed by atoms with E-state index in [1.54, 1.807) is 6.21 Å². The number of aromatic nitrogens is 3. The lowest BCUT2D eigenvalue weighted by Crippen LogP contribution is -2.23. The van der Waals surface area contributed by atoms with Gasteiger partial charge in [-0.25, -0.2) is 4.98 Å². The fourth-order valence-electron chi connectivity index (χ4n) is 3.80. The smallest absolute Gasteiger partial charge is 0.282 e. The molecule has 5 nitrogen and oxygen atoms in total. The lowest BCUT2D eigenvalue weighted by molar-refractivity contribution is 0.548. The van der Waals surface area contributed by atoms with Gasteiger partial charge >= 0.3 is 0 Å². The zero-order chi connectivity index (χ0) is 22.1. The van der Waals surface area contributed by atoms with Gasteiger partial charge in [0.2, 0.25) is 0 Å². The van der Waals surface area contributed by atoms with E-state index in [0.29, 0.717) is 22.8 Å². The highest BCUT2D eigenvalue weighted by Crippen LogP contribution is 2.25. The minimum absolute atomic E-state index is 0.111. The van der Waals surface area contributed by atoms with Gasteiger partial charge in [-0.05, 0) is 44.0 Å². The Balaban J connectivity index is 1.90. The van der Waals surface area contributed by atoms with Crippen molar-refractivity contribution in [2.24, 2.45) is 5.10 Å². The highest BCUT2D eigenvalue weighted by molar-refractivity contribution is 9.10. The molecule has 2 aromatic heterocycles. The van der Waals surface area contributed by atoms with E-state index in [1.807, 2.05) is 24.3 Å². The van der Waals surface area contributed by atoms with Crippen LogP contribution in [0, 0.1) is 0 Å². The summed E-state index contributed by atoms with van der Waals surface area (Å²) in [5.74, 6) is 0.795. The van der Waals surface area contributed by atoms with Crippen LogP contribution >= 0.6 is 15.9 Å². The van der Waals surface area contributed by atoms with Gasteiger partial charge < -0.3 is 4.57 Å². The first-order valence-corrected chi connectivity index (χ1v) is 11.6. The fraction of sp³-hybridized carbons (Fsp3) is 0.320. The van der Waals surface area contributed by atoms with E-state index in [1.165, 1.54) is 10.2 Å². The molecule has 0 unspecified atom stereocenters. The van der Waals surface area contributed by atoms with Crippen molar-refractivity contribution in [3.63, 3.8) is 0 Å².